The predicted octanol–water partition coefficient (Wildman–Crippen LogP) is 2.21. The number of hydrogen-bond acceptors (Lipinski definition) is 2. The monoisotopic (exact) mass is 229 g/mol. The minimum absolute atomic E-state index is 0.176. The first-order chi connectivity index (χ1) is 6.61. The van der Waals surface area contributed by atoms with Crippen LogP contribution in [0, 0.1) is 11.8 Å². The van der Waals surface area contributed by atoms with Crippen molar-refractivity contribution in [3.05, 3.63) is 28.0 Å². The van der Waals surface area contributed by atoms with Crippen LogP contribution < -0.4 is 0 Å². The first-order valence-electron chi connectivity index (χ1n) is 3.62. The number of rotatable bonds is 1. The normalized spacial score (nSPS) is 9.00. The lowest BCUT2D eigenvalue weighted by Gasteiger charge is -1.96. The molecule has 0 atom stereocenters. The second-order valence-electron chi connectivity index (χ2n) is 2.33. The largest absolute Gasteiger partial charge is 0.481 e. The number of aromatic nitrogens is 1. The maximum atomic E-state index is 10.2. The first-order valence-corrected chi connectivity index (χ1v) is 4.37. The molecule has 1 rings (SSSR count). The molecule has 3 nitrogen and oxygen atoms in total. The lowest BCUT2D eigenvalue weighted by molar-refractivity contribution is -0.135. The summed E-state index contributed by atoms with van der Waals surface area (Å²) in [5.41, 5.74) is 0.358. The van der Waals surface area contributed by atoms with Gasteiger partial charge in [0.2, 0.25) is 0 Å². The number of aliphatic carboxylic acids is 1. The molecule has 5 heteroatoms. The van der Waals surface area contributed by atoms with Gasteiger partial charge in [-0.25, -0.2) is 4.98 Å². The van der Waals surface area contributed by atoms with Crippen molar-refractivity contribution in [1.29, 1.82) is 0 Å². The zero-order chi connectivity index (χ0) is 10.6. The zero-order valence-electron chi connectivity index (χ0n) is 6.92. The van der Waals surface area contributed by atoms with Gasteiger partial charge in [0.25, 0.3) is 0 Å². The van der Waals surface area contributed by atoms with Crippen LogP contribution in [0.5, 0.6) is 0 Å². The van der Waals surface area contributed by atoms with E-state index in [9.17, 15) is 4.79 Å². The van der Waals surface area contributed by atoms with Gasteiger partial charge >= 0.3 is 5.97 Å². The minimum atomic E-state index is -0.992. The van der Waals surface area contributed by atoms with Crippen molar-refractivity contribution >= 4 is 29.2 Å². The molecule has 1 heterocycles. The summed E-state index contributed by atoms with van der Waals surface area (Å²) in [6, 6.07) is 1.54. The quantitative estimate of drug-likeness (QED) is 0.594. The van der Waals surface area contributed by atoms with E-state index < -0.39 is 5.97 Å². The Balaban J connectivity index is 2.94. The Bertz CT molecular complexity index is 400. The number of pyridine rings is 1. The Kier molecular flexibility index (Phi) is 3.75. The fourth-order valence-electron chi connectivity index (χ4n) is 0.734. The van der Waals surface area contributed by atoms with E-state index in [-0.39, 0.29) is 11.6 Å². The first kappa shape index (κ1) is 10.8. The summed E-state index contributed by atoms with van der Waals surface area (Å²) in [7, 11) is 0. The molecule has 0 unspecified atom stereocenters. The van der Waals surface area contributed by atoms with E-state index in [1.54, 1.807) is 0 Å². The summed E-state index contributed by atoms with van der Waals surface area (Å²) in [6.07, 6.45) is 1.20. The molecule has 0 saturated heterocycles. The third-order valence-electron chi connectivity index (χ3n) is 1.31. The van der Waals surface area contributed by atoms with Crippen LogP contribution in [0.4, 0.5) is 0 Å². The molecular formula is C9H5Cl2NO2. The molecule has 0 aliphatic heterocycles. The molecule has 1 aromatic heterocycles. The highest BCUT2D eigenvalue weighted by Crippen LogP contribution is 2.20. The van der Waals surface area contributed by atoms with E-state index in [2.05, 4.69) is 16.8 Å². The topological polar surface area (TPSA) is 50.2 Å². The molecule has 0 aromatic carbocycles. The molecule has 0 fully saturated rings. The Hall–Kier alpha value is -1.24. The van der Waals surface area contributed by atoms with E-state index in [1.165, 1.54) is 12.3 Å². The average molecular weight is 230 g/mol. The fraction of sp³-hybridized carbons (Fsp3) is 0.111. The van der Waals surface area contributed by atoms with Crippen LogP contribution in [0.1, 0.15) is 12.0 Å². The van der Waals surface area contributed by atoms with E-state index in [0.29, 0.717) is 10.6 Å². The van der Waals surface area contributed by atoms with Gasteiger partial charge in [-0.15, -0.1) is 0 Å². The van der Waals surface area contributed by atoms with Gasteiger partial charge in [0.1, 0.15) is 11.6 Å². The van der Waals surface area contributed by atoms with Crippen molar-refractivity contribution < 1.29 is 9.90 Å². The van der Waals surface area contributed by atoms with Crippen molar-refractivity contribution in [1.82, 2.24) is 4.98 Å². The van der Waals surface area contributed by atoms with Gasteiger partial charge in [0.05, 0.1) is 10.6 Å². The van der Waals surface area contributed by atoms with Crippen molar-refractivity contribution in [2.24, 2.45) is 0 Å². The molecule has 0 bridgehead atoms. The Morgan fingerprint density at radius 1 is 1.57 bits per heavy atom. The summed E-state index contributed by atoms with van der Waals surface area (Å²) < 4.78 is 0. The number of carboxylic acids is 1. The van der Waals surface area contributed by atoms with Crippen LogP contribution in [-0.2, 0) is 4.79 Å². The molecule has 0 aliphatic carbocycles. The number of nitrogens with zero attached hydrogens (tertiary/aromatic N) is 1. The number of carbonyl (C=O) groups is 1. The lowest BCUT2D eigenvalue weighted by Crippen LogP contribution is -1.90. The Labute approximate surface area is 90.7 Å². The second-order valence-corrected chi connectivity index (χ2v) is 3.10. The third-order valence-corrected chi connectivity index (χ3v) is 1.91. The molecule has 14 heavy (non-hydrogen) atoms. The number of carboxylic acid groups (broad SMARTS) is 1. The molecule has 0 spiro atoms. The van der Waals surface area contributed by atoms with Crippen molar-refractivity contribution in [3.8, 4) is 11.8 Å². The third kappa shape index (κ3) is 2.91. The van der Waals surface area contributed by atoms with Gasteiger partial charge in [0.15, 0.2) is 0 Å². The maximum absolute atomic E-state index is 10.2. The summed E-state index contributed by atoms with van der Waals surface area (Å²) in [5.74, 6) is 3.99. The van der Waals surface area contributed by atoms with E-state index >= 15 is 0 Å². The highest BCUT2D eigenvalue weighted by molar-refractivity contribution is 6.35. The van der Waals surface area contributed by atoms with Crippen molar-refractivity contribution in [3.63, 3.8) is 0 Å². The van der Waals surface area contributed by atoms with Gasteiger partial charge in [0, 0.05) is 6.20 Å². The van der Waals surface area contributed by atoms with Crippen LogP contribution >= 0.6 is 23.2 Å². The van der Waals surface area contributed by atoms with E-state index in [1.807, 2.05) is 0 Å². The van der Waals surface area contributed by atoms with Crippen molar-refractivity contribution in [2.45, 2.75) is 6.42 Å². The summed E-state index contributed by atoms with van der Waals surface area (Å²) in [4.78, 5) is 13.9. The van der Waals surface area contributed by atoms with Crippen LogP contribution in [0.15, 0.2) is 12.3 Å². The highest BCUT2D eigenvalue weighted by atomic mass is 35.5. The Morgan fingerprint density at radius 2 is 2.29 bits per heavy atom. The van der Waals surface area contributed by atoms with Gasteiger partial charge in [-0.05, 0) is 6.07 Å². The zero-order valence-corrected chi connectivity index (χ0v) is 8.43. The van der Waals surface area contributed by atoms with Gasteiger partial charge in [-0.2, -0.15) is 0 Å². The SMILES string of the molecule is O=C(O)CC#Cc1c(Cl)ccnc1Cl. The number of halogens is 2. The fourth-order valence-corrected chi connectivity index (χ4v) is 1.18. The molecule has 1 N–H and O–H groups in total. The van der Waals surface area contributed by atoms with Crippen LogP contribution in [0.2, 0.25) is 10.2 Å². The smallest absolute Gasteiger partial charge is 0.315 e. The van der Waals surface area contributed by atoms with E-state index in [4.69, 9.17) is 28.3 Å². The molecular weight excluding hydrogens is 225 g/mol. The molecule has 0 saturated carbocycles. The van der Waals surface area contributed by atoms with Crippen molar-refractivity contribution in [2.75, 3.05) is 0 Å². The molecule has 0 amide bonds. The maximum Gasteiger partial charge on any atom is 0.315 e. The molecule has 0 aliphatic rings. The van der Waals surface area contributed by atoms with E-state index in [0.717, 1.165) is 0 Å². The summed E-state index contributed by atoms with van der Waals surface area (Å²) >= 11 is 11.5. The van der Waals surface area contributed by atoms with Crippen LogP contribution in [0.3, 0.4) is 0 Å². The van der Waals surface area contributed by atoms with Crippen LogP contribution in [0.25, 0.3) is 0 Å². The molecule has 0 radical (unpaired) electrons. The standard InChI is InChI=1S/C9H5Cl2NO2/c10-7-4-5-12-9(11)6(7)2-1-3-8(13)14/h4-5H,3H2,(H,13,14). The highest BCUT2D eigenvalue weighted by Gasteiger charge is 2.02. The molecule has 1 aromatic rings. The summed E-state index contributed by atoms with van der Waals surface area (Å²) in [6.45, 7) is 0. The molecule has 72 valence electrons. The minimum Gasteiger partial charge on any atom is -0.481 e. The second kappa shape index (κ2) is 4.85. The Morgan fingerprint density at radius 3 is 2.86 bits per heavy atom. The average Bonchev–Trinajstić information content (AvgIpc) is 2.09. The summed E-state index contributed by atoms with van der Waals surface area (Å²) in [5, 5.41) is 8.89. The lowest BCUT2D eigenvalue weighted by atomic mass is 10.3. The predicted molar refractivity (Wildman–Crippen MR) is 53.4 cm³/mol. The van der Waals surface area contributed by atoms with Gasteiger partial charge < -0.3 is 5.11 Å². The van der Waals surface area contributed by atoms with Gasteiger partial charge in [-0.3, -0.25) is 4.79 Å². The van der Waals surface area contributed by atoms with Crippen LogP contribution in [-0.4, -0.2) is 16.1 Å². The number of hydrogen-bond donors (Lipinski definition) is 1. The van der Waals surface area contributed by atoms with Gasteiger partial charge in [-0.1, -0.05) is 35.0 Å².